The van der Waals surface area contributed by atoms with E-state index in [4.69, 9.17) is 5.73 Å². The summed E-state index contributed by atoms with van der Waals surface area (Å²) in [6.07, 6.45) is 0. The van der Waals surface area contributed by atoms with Crippen molar-refractivity contribution in [3.63, 3.8) is 0 Å². The summed E-state index contributed by atoms with van der Waals surface area (Å²) >= 11 is 0. The number of halogens is 1. The van der Waals surface area contributed by atoms with Crippen molar-refractivity contribution in [3.05, 3.63) is 53.3 Å². The molecule has 110 valence electrons. The quantitative estimate of drug-likeness (QED) is 0.756. The molecule has 0 aliphatic rings. The van der Waals surface area contributed by atoms with Gasteiger partial charge < -0.3 is 16.4 Å². The van der Waals surface area contributed by atoms with Crippen molar-refractivity contribution in [1.82, 2.24) is 5.32 Å². The Morgan fingerprint density at radius 2 is 2.00 bits per heavy atom. The lowest BCUT2D eigenvalue weighted by Gasteiger charge is -2.13. The Morgan fingerprint density at radius 3 is 2.71 bits per heavy atom. The van der Waals surface area contributed by atoms with Gasteiger partial charge in [0.2, 0.25) is 0 Å². The molecule has 2 rings (SSSR count). The summed E-state index contributed by atoms with van der Waals surface area (Å²) < 4.78 is 13.6. The number of nitrogens with one attached hydrogen (secondary N) is 2. The Kier molecular flexibility index (Phi) is 4.42. The SMILES string of the molecule is CCNC(=O)c1ccc(N)c(Nc2cccc(F)c2C)c1. The maximum Gasteiger partial charge on any atom is 0.251 e. The monoisotopic (exact) mass is 287 g/mol. The van der Waals surface area contributed by atoms with Crippen LogP contribution < -0.4 is 16.4 Å². The van der Waals surface area contributed by atoms with E-state index < -0.39 is 0 Å². The molecule has 2 aromatic rings. The number of hydrogen-bond donors (Lipinski definition) is 3. The highest BCUT2D eigenvalue weighted by atomic mass is 19.1. The second-order valence-electron chi connectivity index (χ2n) is 4.70. The maximum absolute atomic E-state index is 13.6. The number of rotatable bonds is 4. The van der Waals surface area contributed by atoms with Crippen molar-refractivity contribution in [2.45, 2.75) is 13.8 Å². The zero-order valence-electron chi connectivity index (χ0n) is 12.0. The topological polar surface area (TPSA) is 67.2 Å². The minimum absolute atomic E-state index is 0.170. The molecule has 0 bridgehead atoms. The summed E-state index contributed by atoms with van der Waals surface area (Å²) in [4.78, 5) is 11.8. The Hall–Kier alpha value is -2.56. The molecular formula is C16H18FN3O. The first-order valence-electron chi connectivity index (χ1n) is 6.72. The van der Waals surface area contributed by atoms with E-state index in [1.165, 1.54) is 6.07 Å². The molecule has 0 fully saturated rings. The molecule has 0 spiro atoms. The van der Waals surface area contributed by atoms with E-state index in [2.05, 4.69) is 10.6 Å². The highest BCUT2D eigenvalue weighted by Gasteiger charge is 2.09. The van der Waals surface area contributed by atoms with E-state index in [9.17, 15) is 9.18 Å². The number of carbonyl (C=O) groups excluding carboxylic acids is 1. The molecule has 0 atom stereocenters. The lowest BCUT2D eigenvalue weighted by atomic mass is 10.1. The summed E-state index contributed by atoms with van der Waals surface area (Å²) in [5.41, 5.74) is 8.60. The van der Waals surface area contributed by atoms with Gasteiger partial charge in [0.05, 0.1) is 11.4 Å². The van der Waals surface area contributed by atoms with Crippen molar-refractivity contribution in [3.8, 4) is 0 Å². The molecule has 5 heteroatoms. The number of nitrogen functional groups attached to an aromatic ring is 1. The van der Waals surface area contributed by atoms with Crippen molar-refractivity contribution < 1.29 is 9.18 Å². The molecule has 0 saturated heterocycles. The zero-order valence-corrected chi connectivity index (χ0v) is 12.0. The molecule has 2 aromatic carbocycles. The first-order chi connectivity index (χ1) is 10.0. The molecule has 0 saturated carbocycles. The maximum atomic E-state index is 13.6. The van der Waals surface area contributed by atoms with Gasteiger partial charge >= 0.3 is 0 Å². The van der Waals surface area contributed by atoms with Crippen LogP contribution in [0.1, 0.15) is 22.8 Å². The molecule has 0 aliphatic heterocycles. The van der Waals surface area contributed by atoms with E-state index in [0.29, 0.717) is 34.7 Å². The summed E-state index contributed by atoms with van der Waals surface area (Å²) in [5.74, 6) is -0.463. The Bertz CT molecular complexity index is 671. The molecule has 4 nitrogen and oxygen atoms in total. The van der Waals surface area contributed by atoms with Crippen LogP contribution in [0.4, 0.5) is 21.5 Å². The lowest BCUT2D eigenvalue weighted by molar-refractivity contribution is 0.0956. The third-order valence-corrected chi connectivity index (χ3v) is 3.19. The van der Waals surface area contributed by atoms with Gasteiger partial charge in [-0.1, -0.05) is 6.07 Å². The van der Waals surface area contributed by atoms with E-state index in [-0.39, 0.29) is 11.7 Å². The second-order valence-corrected chi connectivity index (χ2v) is 4.70. The highest BCUT2D eigenvalue weighted by Crippen LogP contribution is 2.27. The van der Waals surface area contributed by atoms with Crippen LogP contribution in [0.25, 0.3) is 0 Å². The van der Waals surface area contributed by atoms with Crippen molar-refractivity contribution in [2.75, 3.05) is 17.6 Å². The molecule has 1 amide bonds. The number of benzene rings is 2. The third kappa shape index (κ3) is 3.31. The predicted octanol–water partition coefficient (Wildman–Crippen LogP) is 3.21. The minimum Gasteiger partial charge on any atom is -0.397 e. The fourth-order valence-corrected chi connectivity index (χ4v) is 1.96. The van der Waals surface area contributed by atoms with E-state index >= 15 is 0 Å². The first-order valence-corrected chi connectivity index (χ1v) is 6.72. The summed E-state index contributed by atoms with van der Waals surface area (Å²) in [5, 5.41) is 5.80. The van der Waals surface area contributed by atoms with E-state index in [1.807, 2.05) is 6.92 Å². The molecule has 0 radical (unpaired) electrons. The molecule has 21 heavy (non-hydrogen) atoms. The molecule has 0 aliphatic carbocycles. The summed E-state index contributed by atoms with van der Waals surface area (Å²) in [6, 6.07) is 9.75. The Morgan fingerprint density at radius 1 is 1.24 bits per heavy atom. The smallest absolute Gasteiger partial charge is 0.251 e. The van der Waals surface area contributed by atoms with Crippen LogP contribution in [-0.4, -0.2) is 12.5 Å². The summed E-state index contributed by atoms with van der Waals surface area (Å²) in [6.45, 7) is 4.08. The van der Waals surface area contributed by atoms with Crippen LogP contribution >= 0.6 is 0 Å². The highest BCUT2D eigenvalue weighted by molar-refractivity contribution is 5.96. The van der Waals surface area contributed by atoms with Crippen LogP contribution in [0.3, 0.4) is 0 Å². The van der Waals surface area contributed by atoms with Crippen molar-refractivity contribution in [1.29, 1.82) is 0 Å². The zero-order chi connectivity index (χ0) is 15.4. The number of anilines is 3. The number of carbonyl (C=O) groups is 1. The van der Waals surface area contributed by atoms with E-state index in [0.717, 1.165) is 0 Å². The van der Waals surface area contributed by atoms with Gasteiger partial charge in [-0.3, -0.25) is 4.79 Å². The van der Waals surface area contributed by atoms with Gasteiger partial charge in [-0.25, -0.2) is 4.39 Å². The van der Waals surface area contributed by atoms with Gasteiger partial charge in [0.15, 0.2) is 0 Å². The fraction of sp³-hybridized carbons (Fsp3) is 0.188. The van der Waals surface area contributed by atoms with Crippen LogP contribution in [0.5, 0.6) is 0 Å². The van der Waals surface area contributed by atoms with Crippen LogP contribution in [0.15, 0.2) is 36.4 Å². The molecule has 0 aromatic heterocycles. The van der Waals surface area contributed by atoms with Gasteiger partial charge in [-0.05, 0) is 44.2 Å². The first kappa shape index (κ1) is 14.8. The average Bonchev–Trinajstić information content (AvgIpc) is 2.46. The summed E-state index contributed by atoms with van der Waals surface area (Å²) in [7, 11) is 0. The Balaban J connectivity index is 2.33. The lowest BCUT2D eigenvalue weighted by Crippen LogP contribution is -2.22. The van der Waals surface area contributed by atoms with E-state index in [1.54, 1.807) is 37.3 Å². The number of nitrogens with two attached hydrogens (primary N) is 1. The van der Waals surface area contributed by atoms with Crippen molar-refractivity contribution in [2.24, 2.45) is 0 Å². The molecular weight excluding hydrogens is 269 g/mol. The normalized spacial score (nSPS) is 10.2. The van der Waals surface area contributed by atoms with Crippen molar-refractivity contribution >= 4 is 23.0 Å². The van der Waals surface area contributed by atoms with Gasteiger partial charge in [-0.2, -0.15) is 0 Å². The van der Waals surface area contributed by atoms with Gasteiger partial charge in [-0.15, -0.1) is 0 Å². The fourth-order valence-electron chi connectivity index (χ4n) is 1.96. The Labute approximate surface area is 123 Å². The number of hydrogen-bond acceptors (Lipinski definition) is 3. The number of amides is 1. The van der Waals surface area contributed by atoms with Crippen LogP contribution in [0, 0.1) is 12.7 Å². The largest absolute Gasteiger partial charge is 0.397 e. The standard InChI is InChI=1S/C16H18FN3O/c1-3-19-16(21)11-7-8-13(18)15(9-11)20-14-6-4-5-12(17)10(14)2/h4-9,20H,3,18H2,1-2H3,(H,19,21). The molecule has 0 unspecified atom stereocenters. The van der Waals surface area contributed by atoms with Gasteiger partial charge in [0.1, 0.15) is 5.82 Å². The van der Waals surface area contributed by atoms with Gasteiger partial charge in [0, 0.05) is 23.4 Å². The molecule has 4 N–H and O–H groups in total. The third-order valence-electron chi connectivity index (χ3n) is 3.19. The molecule has 0 heterocycles. The minimum atomic E-state index is -0.293. The van der Waals surface area contributed by atoms with Gasteiger partial charge in [0.25, 0.3) is 5.91 Å². The van der Waals surface area contributed by atoms with Crippen LogP contribution in [0.2, 0.25) is 0 Å². The second kappa shape index (κ2) is 6.26. The predicted molar refractivity (Wildman–Crippen MR) is 83.3 cm³/mol. The average molecular weight is 287 g/mol. The van der Waals surface area contributed by atoms with Crippen LogP contribution in [-0.2, 0) is 0 Å².